The van der Waals surface area contributed by atoms with Crippen LogP contribution in [0.5, 0.6) is 0 Å². The highest BCUT2D eigenvalue weighted by Gasteiger charge is 2.39. The molecule has 4 nitrogen and oxygen atoms in total. The zero-order chi connectivity index (χ0) is 16.2. The fourth-order valence-electron chi connectivity index (χ4n) is 3.12. The van der Waals surface area contributed by atoms with Crippen molar-refractivity contribution in [1.82, 2.24) is 15.2 Å². The van der Waals surface area contributed by atoms with Crippen molar-refractivity contribution in [3.63, 3.8) is 0 Å². The van der Waals surface area contributed by atoms with E-state index in [2.05, 4.69) is 35.4 Å². The van der Waals surface area contributed by atoms with Gasteiger partial charge in [0.1, 0.15) is 0 Å². The predicted octanol–water partition coefficient (Wildman–Crippen LogP) is 3.34. The number of urea groups is 1. The Hall–Kier alpha value is -2.36. The van der Waals surface area contributed by atoms with Crippen LogP contribution in [-0.2, 0) is 6.42 Å². The van der Waals surface area contributed by atoms with E-state index in [1.165, 1.54) is 5.56 Å². The Labute approximate surface area is 137 Å². The molecule has 2 amide bonds. The molecule has 4 heteroatoms. The molecule has 1 N–H and O–H groups in total. The summed E-state index contributed by atoms with van der Waals surface area (Å²) in [5.74, 6) is 0.504. The zero-order valence-electron chi connectivity index (χ0n) is 13.7. The van der Waals surface area contributed by atoms with Gasteiger partial charge in [-0.15, -0.1) is 0 Å². The van der Waals surface area contributed by atoms with E-state index in [0.29, 0.717) is 12.5 Å². The van der Waals surface area contributed by atoms with Crippen LogP contribution in [0.2, 0.25) is 0 Å². The summed E-state index contributed by atoms with van der Waals surface area (Å²) in [4.78, 5) is 18.6. The zero-order valence-corrected chi connectivity index (χ0v) is 13.7. The van der Waals surface area contributed by atoms with Gasteiger partial charge in [-0.05, 0) is 36.5 Å². The lowest BCUT2D eigenvalue weighted by Gasteiger charge is -2.46. The summed E-state index contributed by atoms with van der Waals surface area (Å²) in [5, 5.41) is 3.03. The highest BCUT2D eigenvalue weighted by atomic mass is 16.2. The Bertz CT molecular complexity index is 654. The fraction of sp³-hybridized carbons (Fsp3) is 0.368. The van der Waals surface area contributed by atoms with Crippen molar-refractivity contribution in [1.29, 1.82) is 0 Å². The second-order valence-corrected chi connectivity index (χ2v) is 6.27. The second-order valence-electron chi connectivity index (χ2n) is 6.27. The molecule has 1 fully saturated rings. The third-order valence-corrected chi connectivity index (χ3v) is 4.42. The number of rotatable bonds is 4. The lowest BCUT2D eigenvalue weighted by molar-refractivity contribution is 0.0594. The van der Waals surface area contributed by atoms with Crippen molar-refractivity contribution >= 4 is 6.03 Å². The van der Waals surface area contributed by atoms with E-state index in [1.54, 1.807) is 0 Å². The van der Waals surface area contributed by atoms with E-state index in [4.69, 9.17) is 0 Å². The van der Waals surface area contributed by atoms with Crippen LogP contribution in [0.4, 0.5) is 4.79 Å². The van der Waals surface area contributed by atoms with Gasteiger partial charge in [0.05, 0.1) is 6.04 Å². The molecule has 1 aromatic heterocycles. The first-order valence-electron chi connectivity index (χ1n) is 8.16. The molecule has 2 atom stereocenters. The second kappa shape index (κ2) is 6.82. The monoisotopic (exact) mass is 309 g/mol. The number of amides is 2. The van der Waals surface area contributed by atoms with Crippen molar-refractivity contribution < 1.29 is 4.79 Å². The maximum Gasteiger partial charge on any atom is 0.317 e. The van der Waals surface area contributed by atoms with E-state index in [9.17, 15) is 4.79 Å². The number of aryl methyl sites for hydroxylation is 1. The number of benzene rings is 1. The number of carbonyl (C=O) groups is 1. The molecule has 0 radical (unpaired) electrons. The van der Waals surface area contributed by atoms with Crippen molar-refractivity contribution in [3.8, 4) is 0 Å². The van der Waals surface area contributed by atoms with Crippen LogP contribution in [0.25, 0.3) is 0 Å². The lowest BCUT2D eigenvalue weighted by Crippen LogP contribution is -2.55. The van der Waals surface area contributed by atoms with Crippen LogP contribution >= 0.6 is 0 Å². The van der Waals surface area contributed by atoms with E-state index in [0.717, 1.165) is 24.2 Å². The minimum atomic E-state index is 0.0250. The molecule has 2 heterocycles. The van der Waals surface area contributed by atoms with E-state index >= 15 is 0 Å². The summed E-state index contributed by atoms with van der Waals surface area (Å²) in [6, 6.07) is 14.5. The van der Waals surface area contributed by atoms with Gasteiger partial charge in [-0.3, -0.25) is 4.98 Å². The van der Waals surface area contributed by atoms with Gasteiger partial charge < -0.3 is 10.2 Å². The molecule has 0 aliphatic carbocycles. The molecule has 0 unspecified atom stereocenters. The number of pyridine rings is 1. The highest BCUT2D eigenvalue weighted by Crippen LogP contribution is 2.38. The Morgan fingerprint density at radius 3 is 2.70 bits per heavy atom. The first-order chi connectivity index (χ1) is 11.1. The smallest absolute Gasteiger partial charge is 0.317 e. The molecule has 0 bridgehead atoms. The Morgan fingerprint density at radius 1 is 1.26 bits per heavy atom. The van der Waals surface area contributed by atoms with Gasteiger partial charge in [-0.25, -0.2) is 4.79 Å². The van der Waals surface area contributed by atoms with Gasteiger partial charge in [0.25, 0.3) is 0 Å². The largest absolute Gasteiger partial charge is 0.338 e. The SMILES string of the molecule is Cc1ccc(CCNC(=O)N2C[C@H](C)[C@@H]2c2ccccc2)cn1. The van der Waals surface area contributed by atoms with Gasteiger partial charge in [0.2, 0.25) is 0 Å². The van der Waals surface area contributed by atoms with Gasteiger partial charge in [0.15, 0.2) is 0 Å². The summed E-state index contributed by atoms with van der Waals surface area (Å²) in [6.45, 7) is 5.62. The van der Waals surface area contributed by atoms with E-state index in [1.807, 2.05) is 42.3 Å². The minimum Gasteiger partial charge on any atom is -0.338 e. The summed E-state index contributed by atoms with van der Waals surface area (Å²) >= 11 is 0. The van der Waals surface area contributed by atoms with Crippen LogP contribution in [0.1, 0.15) is 29.8 Å². The number of likely N-dealkylation sites (tertiary alicyclic amines) is 1. The maximum atomic E-state index is 12.4. The minimum absolute atomic E-state index is 0.0250. The Balaban J connectivity index is 1.53. The van der Waals surface area contributed by atoms with Gasteiger partial charge in [-0.2, -0.15) is 0 Å². The molecule has 1 aromatic carbocycles. The number of carbonyl (C=O) groups excluding carboxylic acids is 1. The first kappa shape index (κ1) is 15.5. The van der Waals surface area contributed by atoms with Gasteiger partial charge in [-0.1, -0.05) is 43.3 Å². The number of nitrogens with zero attached hydrogens (tertiary/aromatic N) is 2. The molecule has 1 aliphatic rings. The average molecular weight is 309 g/mol. The number of aromatic nitrogens is 1. The van der Waals surface area contributed by atoms with Crippen molar-refractivity contribution in [2.24, 2.45) is 5.92 Å². The third-order valence-electron chi connectivity index (χ3n) is 4.42. The Morgan fingerprint density at radius 2 is 2.04 bits per heavy atom. The number of nitrogens with one attached hydrogen (secondary N) is 1. The highest BCUT2D eigenvalue weighted by molar-refractivity contribution is 5.75. The van der Waals surface area contributed by atoms with E-state index in [-0.39, 0.29) is 12.1 Å². The normalized spacial score (nSPS) is 20.0. The summed E-state index contributed by atoms with van der Waals surface area (Å²) in [5.41, 5.74) is 3.37. The quantitative estimate of drug-likeness (QED) is 0.941. The van der Waals surface area contributed by atoms with E-state index < -0.39 is 0 Å². The maximum absolute atomic E-state index is 12.4. The van der Waals surface area contributed by atoms with Crippen LogP contribution in [-0.4, -0.2) is 29.0 Å². The average Bonchev–Trinajstić information content (AvgIpc) is 2.55. The number of hydrogen-bond donors (Lipinski definition) is 1. The molecular weight excluding hydrogens is 286 g/mol. The molecule has 120 valence electrons. The molecule has 2 aromatic rings. The van der Waals surface area contributed by atoms with Crippen molar-refractivity contribution in [2.45, 2.75) is 26.3 Å². The van der Waals surface area contributed by atoms with Crippen molar-refractivity contribution in [2.75, 3.05) is 13.1 Å². The predicted molar refractivity (Wildman–Crippen MR) is 91.1 cm³/mol. The van der Waals surface area contributed by atoms with Crippen LogP contribution < -0.4 is 5.32 Å². The first-order valence-corrected chi connectivity index (χ1v) is 8.16. The third kappa shape index (κ3) is 3.52. The Kier molecular flexibility index (Phi) is 4.60. The summed E-state index contributed by atoms with van der Waals surface area (Å²) in [6.07, 6.45) is 2.68. The molecule has 0 spiro atoms. The summed E-state index contributed by atoms with van der Waals surface area (Å²) < 4.78 is 0. The molecule has 23 heavy (non-hydrogen) atoms. The number of hydrogen-bond acceptors (Lipinski definition) is 2. The molecule has 3 rings (SSSR count). The fourth-order valence-corrected chi connectivity index (χ4v) is 3.12. The topological polar surface area (TPSA) is 45.2 Å². The molecule has 1 saturated heterocycles. The lowest BCUT2D eigenvalue weighted by atomic mass is 9.85. The molecule has 0 saturated carbocycles. The molecule has 1 aliphatic heterocycles. The van der Waals surface area contributed by atoms with Gasteiger partial charge >= 0.3 is 6.03 Å². The van der Waals surface area contributed by atoms with Gasteiger partial charge in [0, 0.05) is 25.0 Å². The van der Waals surface area contributed by atoms with Crippen molar-refractivity contribution in [3.05, 3.63) is 65.5 Å². The standard InChI is InChI=1S/C19H23N3O/c1-14-13-22(18(14)17-6-4-3-5-7-17)19(23)20-11-10-16-9-8-15(2)21-12-16/h3-9,12,14,18H,10-11,13H2,1-2H3,(H,20,23)/t14-,18+/m0/s1. The van der Waals surface area contributed by atoms with Crippen LogP contribution in [0, 0.1) is 12.8 Å². The molecular formula is C19H23N3O. The van der Waals surface area contributed by atoms with Crippen LogP contribution in [0.3, 0.4) is 0 Å². The van der Waals surface area contributed by atoms with Crippen LogP contribution in [0.15, 0.2) is 48.7 Å². The summed E-state index contributed by atoms with van der Waals surface area (Å²) in [7, 11) is 0.